The topological polar surface area (TPSA) is 98.9 Å². The van der Waals surface area contributed by atoms with Crippen LogP contribution in [0.15, 0.2) is 39.9 Å². The Kier molecular flexibility index (Phi) is 7.05. The number of anilines is 1. The van der Waals surface area contributed by atoms with E-state index in [9.17, 15) is 23.1 Å². The molecular weight excluding hydrogens is 377 g/mol. The summed E-state index contributed by atoms with van der Waals surface area (Å²) < 4.78 is 44.9. The highest BCUT2D eigenvalue weighted by molar-refractivity contribution is 5.94. The molecule has 0 bridgehead atoms. The molecule has 1 unspecified atom stereocenters. The Hall–Kier alpha value is -3.01. The van der Waals surface area contributed by atoms with Gasteiger partial charge < -0.3 is 25.5 Å². The summed E-state index contributed by atoms with van der Waals surface area (Å²) in [5, 5.41) is 18.3. The Bertz CT molecular complexity index is 839. The highest BCUT2D eigenvalue weighted by Crippen LogP contribution is 2.20. The van der Waals surface area contributed by atoms with Gasteiger partial charge >= 0.3 is 0 Å². The maximum Gasteiger partial charge on any atom is 0.246 e. The molecule has 152 valence electrons. The van der Waals surface area contributed by atoms with Crippen molar-refractivity contribution in [3.63, 3.8) is 0 Å². The van der Waals surface area contributed by atoms with Gasteiger partial charge in [-0.05, 0) is 38.1 Å². The van der Waals surface area contributed by atoms with Crippen LogP contribution in [0.1, 0.15) is 19.6 Å². The molecule has 0 spiro atoms. The lowest BCUT2D eigenvalue weighted by molar-refractivity contribution is -0.114. The summed E-state index contributed by atoms with van der Waals surface area (Å²) in [6.45, 7) is 3.44. The van der Waals surface area contributed by atoms with Gasteiger partial charge in [0.05, 0.1) is 18.5 Å². The fraction of sp³-hybridized carbons (Fsp3) is 0.333. The van der Waals surface area contributed by atoms with E-state index in [0.717, 1.165) is 6.07 Å². The maximum atomic E-state index is 13.6. The smallest absolute Gasteiger partial charge is 0.246 e. The van der Waals surface area contributed by atoms with Crippen molar-refractivity contribution in [3.8, 4) is 0 Å². The zero-order valence-electron chi connectivity index (χ0n) is 15.4. The van der Waals surface area contributed by atoms with E-state index in [1.54, 1.807) is 26.0 Å². The molecule has 0 saturated heterocycles. The van der Waals surface area contributed by atoms with Crippen LogP contribution >= 0.6 is 0 Å². The van der Waals surface area contributed by atoms with Gasteiger partial charge in [0.15, 0.2) is 23.4 Å². The van der Waals surface area contributed by atoms with Gasteiger partial charge in [0, 0.05) is 6.54 Å². The van der Waals surface area contributed by atoms with E-state index in [1.165, 1.54) is 6.26 Å². The van der Waals surface area contributed by atoms with Gasteiger partial charge in [-0.15, -0.1) is 0 Å². The van der Waals surface area contributed by atoms with Crippen LogP contribution in [-0.4, -0.2) is 36.6 Å². The average molecular weight is 398 g/mol. The number of guanidine groups is 1. The molecule has 0 aliphatic carbocycles. The minimum atomic E-state index is -1.67. The highest BCUT2D eigenvalue weighted by atomic mass is 19.2. The maximum absolute atomic E-state index is 13.6. The van der Waals surface area contributed by atoms with Gasteiger partial charge in [0.2, 0.25) is 5.91 Å². The lowest BCUT2D eigenvalue weighted by atomic mass is 10.0. The molecule has 28 heavy (non-hydrogen) atoms. The van der Waals surface area contributed by atoms with Crippen molar-refractivity contribution in [2.75, 3.05) is 25.0 Å². The third kappa shape index (κ3) is 5.49. The highest BCUT2D eigenvalue weighted by Gasteiger charge is 2.26. The van der Waals surface area contributed by atoms with Gasteiger partial charge in [-0.3, -0.25) is 4.79 Å². The van der Waals surface area contributed by atoms with Gasteiger partial charge in [0.25, 0.3) is 0 Å². The van der Waals surface area contributed by atoms with Gasteiger partial charge in [-0.2, -0.15) is 0 Å². The van der Waals surface area contributed by atoms with Gasteiger partial charge in [-0.1, -0.05) is 0 Å². The van der Waals surface area contributed by atoms with E-state index in [1.807, 2.05) is 0 Å². The monoisotopic (exact) mass is 398 g/mol. The molecule has 0 radical (unpaired) electrons. The quantitative estimate of drug-likeness (QED) is 0.325. The summed E-state index contributed by atoms with van der Waals surface area (Å²) in [5.41, 5.74) is -1.81. The number of furan rings is 1. The Morgan fingerprint density at radius 2 is 1.96 bits per heavy atom. The molecule has 1 atom stereocenters. The number of rotatable bonds is 7. The normalized spacial score (nSPS) is 13.7. The number of halogens is 3. The molecule has 1 amide bonds. The second kappa shape index (κ2) is 9.27. The molecule has 0 saturated carbocycles. The predicted octanol–water partition coefficient (Wildman–Crippen LogP) is 2.10. The van der Waals surface area contributed by atoms with Crippen molar-refractivity contribution in [3.05, 3.63) is 53.7 Å². The van der Waals surface area contributed by atoms with E-state index in [-0.39, 0.29) is 12.5 Å². The minimum Gasteiger partial charge on any atom is -0.466 e. The average Bonchev–Trinajstić information content (AvgIpc) is 3.20. The summed E-state index contributed by atoms with van der Waals surface area (Å²) in [5.74, 6) is -4.68. The third-order valence-corrected chi connectivity index (χ3v) is 3.69. The van der Waals surface area contributed by atoms with Crippen molar-refractivity contribution in [2.24, 2.45) is 4.99 Å². The minimum absolute atomic E-state index is 0.0335. The first-order valence-corrected chi connectivity index (χ1v) is 8.46. The molecular formula is C18H21F3N4O3. The number of benzene rings is 1. The zero-order chi connectivity index (χ0) is 20.7. The van der Waals surface area contributed by atoms with Crippen LogP contribution in [0.25, 0.3) is 0 Å². The number of aliphatic imine (C=N–C) groups is 1. The number of hydrogen-bond acceptors (Lipinski definition) is 4. The second-order valence-electron chi connectivity index (χ2n) is 6.07. The Morgan fingerprint density at radius 3 is 2.61 bits per heavy atom. The van der Waals surface area contributed by atoms with E-state index in [2.05, 4.69) is 20.9 Å². The van der Waals surface area contributed by atoms with E-state index in [4.69, 9.17) is 4.42 Å². The molecule has 1 aromatic heterocycles. The summed E-state index contributed by atoms with van der Waals surface area (Å²) >= 11 is 0. The third-order valence-electron chi connectivity index (χ3n) is 3.69. The molecule has 0 fully saturated rings. The standard InChI is InChI=1S/C18H21F3N4O3/c1-3-22-17(24-10-18(2,27)13-5-4-8-28-13)23-9-14(26)25-12-7-6-11(19)15(20)16(12)21/h4-8,27H,3,9-10H2,1-2H3,(H,25,26)(H2,22,23,24). The van der Waals surface area contributed by atoms with Crippen LogP contribution in [0.4, 0.5) is 18.9 Å². The largest absolute Gasteiger partial charge is 0.466 e. The van der Waals surface area contributed by atoms with Gasteiger partial charge in [0.1, 0.15) is 17.9 Å². The van der Waals surface area contributed by atoms with Crippen molar-refractivity contribution < 1.29 is 27.5 Å². The molecule has 2 rings (SSSR count). The first kappa shape index (κ1) is 21.3. The lowest BCUT2D eigenvalue weighted by Crippen LogP contribution is -2.44. The SMILES string of the molecule is CCNC(=NCC(=O)Nc1ccc(F)c(F)c1F)NCC(C)(O)c1ccco1. The van der Waals surface area contributed by atoms with Gasteiger partial charge in [-0.25, -0.2) is 18.2 Å². The summed E-state index contributed by atoms with van der Waals surface area (Å²) in [6.07, 6.45) is 1.44. The van der Waals surface area contributed by atoms with E-state index in [0.29, 0.717) is 18.4 Å². The van der Waals surface area contributed by atoms with Crippen molar-refractivity contribution >= 4 is 17.6 Å². The predicted molar refractivity (Wildman–Crippen MR) is 97.2 cm³/mol. The number of nitrogens with one attached hydrogen (secondary N) is 3. The molecule has 1 aromatic carbocycles. The number of hydrogen-bond donors (Lipinski definition) is 4. The second-order valence-corrected chi connectivity index (χ2v) is 6.07. The number of amides is 1. The fourth-order valence-electron chi connectivity index (χ4n) is 2.23. The molecule has 10 heteroatoms. The summed E-state index contributed by atoms with van der Waals surface area (Å²) in [7, 11) is 0. The van der Waals surface area contributed by atoms with Crippen LogP contribution < -0.4 is 16.0 Å². The van der Waals surface area contributed by atoms with Crippen LogP contribution in [0.2, 0.25) is 0 Å². The molecule has 0 aliphatic rings. The van der Waals surface area contributed by atoms with Crippen LogP contribution in [0.3, 0.4) is 0 Å². The van der Waals surface area contributed by atoms with E-state index >= 15 is 0 Å². The molecule has 0 aliphatic heterocycles. The van der Waals surface area contributed by atoms with Crippen LogP contribution in [0, 0.1) is 17.5 Å². The van der Waals surface area contributed by atoms with Crippen LogP contribution in [-0.2, 0) is 10.4 Å². The number of carbonyl (C=O) groups is 1. The molecule has 2 aromatic rings. The first-order valence-electron chi connectivity index (χ1n) is 8.46. The van der Waals surface area contributed by atoms with E-state index < -0.39 is 41.2 Å². The summed E-state index contributed by atoms with van der Waals surface area (Å²) in [4.78, 5) is 16.0. The zero-order valence-corrected chi connectivity index (χ0v) is 15.4. The Morgan fingerprint density at radius 1 is 1.21 bits per heavy atom. The molecule has 4 N–H and O–H groups in total. The fourth-order valence-corrected chi connectivity index (χ4v) is 2.23. The molecule has 1 heterocycles. The lowest BCUT2D eigenvalue weighted by Gasteiger charge is -2.22. The number of carbonyl (C=O) groups excluding carboxylic acids is 1. The van der Waals surface area contributed by atoms with Crippen molar-refractivity contribution in [1.82, 2.24) is 10.6 Å². The number of nitrogens with zero attached hydrogens (tertiary/aromatic N) is 1. The van der Waals surface area contributed by atoms with Crippen LogP contribution in [0.5, 0.6) is 0 Å². The van der Waals surface area contributed by atoms with Crippen molar-refractivity contribution in [1.29, 1.82) is 0 Å². The Labute approximate surface area is 159 Å². The number of aliphatic hydroxyl groups is 1. The molecule has 7 nitrogen and oxygen atoms in total. The van der Waals surface area contributed by atoms with Crippen molar-refractivity contribution in [2.45, 2.75) is 19.4 Å². The Balaban J connectivity index is 1.98. The first-order chi connectivity index (χ1) is 13.2. The summed E-state index contributed by atoms with van der Waals surface area (Å²) in [6, 6.07) is 4.89.